The van der Waals surface area contributed by atoms with Gasteiger partial charge in [-0.3, -0.25) is 0 Å². The average Bonchev–Trinajstić information content (AvgIpc) is 2.82. The van der Waals surface area contributed by atoms with Gasteiger partial charge in [0.1, 0.15) is 0 Å². The number of para-hydroxylation sites is 1. The summed E-state index contributed by atoms with van der Waals surface area (Å²) in [4.78, 5) is 16.1. The molecule has 88 valence electrons. The summed E-state index contributed by atoms with van der Waals surface area (Å²) in [7, 11) is 0. The number of carbonyl (C=O) groups excluding carboxylic acids is 1. The fourth-order valence-corrected chi connectivity index (χ4v) is 2.42. The Labute approximate surface area is 108 Å². The molecule has 1 heterocycles. The van der Waals surface area contributed by atoms with Gasteiger partial charge in [0.05, 0.1) is 15.8 Å². The Hall–Kier alpha value is -2.20. The van der Waals surface area contributed by atoms with Crippen molar-refractivity contribution in [3.05, 3.63) is 60.2 Å². The van der Waals surface area contributed by atoms with Crippen LogP contribution in [0.2, 0.25) is 0 Å². The third-order valence-electron chi connectivity index (χ3n) is 2.46. The molecule has 2 aromatic carbocycles. The summed E-state index contributed by atoms with van der Waals surface area (Å²) in [6.45, 7) is 0. The van der Waals surface area contributed by atoms with Crippen molar-refractivity contribution in [2.75, 3.05) is 0 Å². The van der Waals surface area contributed by atoms with Crippen molar-refractivity contribution < 1.29 is 9.53 Å². The molecule has 0 aliphatic carbocycles. The van der Waals surface area contributed by atoms with Crippen LogP contribution in [0.15, 0.2) is 54.6 Å². The van der Waals surface area contributed by atoms with E-state index in [2.05, 4.69) is 4.98 Å². The maximum Gasteiger partial charge on any atom is 0.345 e. The summed E-state index contributed by atoms with van der Waals surface area (Å²) < 4.78 is 6.26. The molecule has 18 heavy (non-hydrogen) atoms. The number of ether oxygens (including phenoxy) is 1. The van der Waals surface area contributed by atoms with E-state index < -0.39 is 0 Å². The minimum absolute atomic E-state index is 0.380. The van der Waals surface area contributed by atoms with Gasteiger partial charge in [-0.2, -0.15) is 0 Å². The first-order valence-electron chi connectivity index (χ1n) is 5.46. The number of aromatic nitrogens is 1. The molecule has 0 N–H and O–H groups in total. The lowest BCUT2D eigenvalue weighted by atomic mass is 10.2. The van der Waals surface area contributed by atoms with Crippen LogP contribution < -0.4 is 4.74 Å². The number of thiazole rings is 1. The van der Waals surface area contributed by atoms with Crippen LogP contribution in [0, 0.1) is 0 Å². The van der Waals surface area contributed by atoms with Crippen LogP contribution in [0.3, 0.4) is 0 Å². The lowest BCUT2D eigenvalue weighted by molar-refractivity contribution is 0.0734. The van der Waals surface area contributed by atoms with E-state index >= 15 is 0 Å². The molecule has 3 rings (SSSR count). The summed E-state index contributed by atoms with van der Waals surface area (Å²) >= 11 is 1.37. The smallest absolute Gasteiger partial charge is 0.345 e. The molecule has 0 saturated heterocycles. The molecule has 0 unspecified atom stereocenters. The molecule has 0 radical (unpaired) electrons. The zero-order chi connectivity index (χ0) is 12.4. The topological polar surface area (TPSA) is 39.2 Å². The molecule has 0 amide bonds. The minimum atomic E-state index is -0.380. The largest absolute Gasteiger partial charge is 0.394 e. The van der Waals surface area contributed by atoms with E-state index in [0.29, 0.717) is 10.8 Å². The Bertz CT molecular complexity index is 658. The van der Waals surface area contributed by atoms with Gasteiger partial charge in [-0.25, -0.2) is 9.78 Å². The highest BCUT2D eigenvalue weighted by Gasteiger charge is 2.11. The molecule has 4 heteroatoms. The zero-order valence-corrected chi connectivity index (χ0v) is 10.2. The molecular weight excluding hydrogens is 246 g/mol. The molecule has 1 aromatic heterocycles. The predicted octanol–water partition coefficient (Wildman–Crippen LogP) is 3.52. The second-order valence-electron chi connectivity index (χ2n) is 3.70. The van der Waals surface area contributed by atoms with Crippen LogP contribution in [-0.4, -0.2) is 11.0 Å². The normalized spacial score (nSPS) is 10.4. The monoisotopic (exact) mass is 255 g/mol. The van der Waals surface area contributed by atoms with E-state index in [1.165, 1.54) is 11.3 Å². The minimum Gasteiger partial charge on any atom is -0.394 e. The van der Waals surface area contributed by atoms with Gasteiger partial charge in [0, 0.05) is 0 Å². The highest BCUT2D eigenvalue weighted by atomic mass is 32.1. The summed E-state index contributed by atoms with van der Waals surface area (Å²) in [5, 5.41) is 0.380. The van der Waals surface area contributed by atoms with Crippen molar-refractivity contribution >= 4 is 27.5 Å². The van der Waals surface area contributed by atoms with Crippen molar-refractivity contribution in [3.8, 4) is 5.19 Å². The lowest BCUT2D eigenvalue weighted by Crippen LogP contribution is -2.07. The maximum atomic E-state index is 11.8. The van der Waals surface area contributed by atoms with E-state index in [9.17, 15) is 4.79 Å². The van der Waals surface area contributed by atoms with Gasteiger partial charge in [-0.05, 0) is 24.3 Å². The first-order valence-corrected chi connectivity index (χ1v) is 6.27. The van der Waals surface area contributed by atoms with Crippen molar-refractivity contribution in [3.63, 3.8) is 0 Å². The summed E-state index contributed by atoms with van der Waals surface area (Å²) in [6, 6.07) is 16.6. The molecular formula is C14H9NO2S. The van der Waals surface area contributed by atoms with Crippen molar-refractivity contribution in [2.45, 2.75) is 0 Å². The van der Waals surface area contributed by atoms with E-state index in [0.717, 1.165) is 10.2 Å². The van der Waals surface area contributed by atoms with Gasteiger partial charge in [0.2, 0.25) is 0 Å². The van der Waals surface area contributed by atoms with E-state index in [1.807, 2.05) is 30.3 Å². The Kier molecular flexibility index (Phi) is 2.78. The van der Waals surface area contributed by atoms with Crippen LogP contribution in [0.4, 0.5) is 0 Å². The van der Waals surface area contributed by atoms with Crippen molar-refractivity contribution in [1.82, 2.24) is 4.98 Å². The predicted molar refractivity (Wildman–Crippen MR) is 71.0 cm³/mol. The number of hydrogen-bond acceptors (Lipinski definition) is 4. The van der Waals surface area contributed by atoms with Crippen LogP contribution >= 0.6 is 11.3 Å². The van der Waals surface area contributed by atoms with Gasteiger partial charge in [-0.1, -0.05) is 41.7 Å². The van der Waals surface area contributed by atoms with Crippen LogP contribution in [-0.2, 0) is 0 Å². The number of hydrogen-bond donors (Lipinski definition) is 0. The lowest BCUT2D eigenvalue weighted by Gasteiger charge is -1.98. The third-order valence-corrected chi connectivity index (χ3v) is 3.38. The molecule has 0 bridgehead atoms. The molecule has 0 saturated carbocycles. The molecule has 0 fully saturated rings. The quantitative estimate of drug-likeness (QED) is 0.658. The summed E-state index contributed by atoms with van der Waals surface area (Å²) in [5.74, 6) is -0.380. The number of rotatable bonds is 2. The van der Waals surface area contributed by atoms with Gasteiger partial charge in [0.25, 0.3) is 5.19 Å². The highest BCUT2D eigenvalue weighted by molar-refractivity contribution is 7.20. The molecule has 0 atom stereocenters. The SMILES string of the molecule is O=C(Oc1nc2ccccc2s1)c1ccccc1. The Balaban J connectivity index is 1.86. The first-order chi connectivity index (χ1) is 8.83. The zero-order valence-electron chi connectivity index (χ0n) is 9.37. The Morgan fingerprint density at radius 3 is 2.50 bits per heavy atom. The highest BCUT2D eigenvalue weighted by Crippen LogP contribution is 2.27. The first kappa shape index (κ1) is 10.9. The van der Waals surface area contributed by atoms with Gasteiger partial charge >= 0.3 is 5.97 Å². The van der Waals surface area contributed by atoms with Crippen molar-refractivity contribution in [2.24, 2.45) is 0 Å². The van der Waals surface area contributed by atoms with E-state index in [4.69, 9.17) is 4.74 Å². The van der Waals surface area contributed by atoms with Gasteiger partial charge in [-0.15, -0.1) is 0 Å². The molecule has 0 spiro atoms. The fraction of sp³-hybridized carbons (Fsp3) is 0. The standard InChI is InChI=1S/C14H9NO2S/c16-13(10-6-2-1-3-7-10)17-14-15-11-8-4-5-9-12(11)18-14/h1-9H. The molecule has 3 nitrogen and oxygen atoms in total. The number of fused-ring (bicyclic) bond motifs is 1. The third kappa shape index (κ3) is 2.10. The van der Waals surface area contributed by atoms with Crippen LogP contribution in [0.1, 0.15) is 10.4 Å². The summed E-state index contributed by atoms with van der Waals surface area (Å²) in [6.07, 6.45) is 0. The Morgan fingerprint density at radius 1 is 1.00 bits per heavy atom. The number of benzene rings is 2. The average molecular weight is 255 g/mol. The van der Waals surface area contributed by atoms with E-state index in [-0.39, 0.29) is 5.97 Å². The van der Waals surface area contributed by atoms with Crippen LogP contribution in [0.25, 0.3) is 10.2 Å². The second-order valence-corrected chi connectivity index (χ2v) is 4.70. The second kappa shape index (κ2) is 4.58. The molecule has 3 aromatic rings. The maximum absolute atomic E-state index is 11.8. The fourth-order valence-electron chi connectivity index (χ4n) is 1.61. The van der Waals surface area contributed by atoms with Crippen LogP contribution in [0.5, 0.6) is 5.19 Å². The van der Waals surface area contributed by atoms with Gasteiger partial charge in [0.15, 0.2) is 0 Å². The number of nitrogens with zero attached hydrogens (tertiary/aromatic N) is 1. The Morgan fingerprint density at radius 2 is 1.72 bits per heavy atom. The number of esters is 1. The molecule has 0 aliphatic heterocycles. The van der Waals surface area contributed by atoms with Crippen molar-refractivity contribution in [1.29, 1.82) is 0 Å². The van der Waals surface area contributed by atoms with E-state index in [1.54, 1.807) is 24.3 Å². The van der Waals surface area contributed by atoms with Gasteiger partial charge < -0.3 is 4.74 Å². The summed E-state index contributed by atoms with van der Waals surface area (Å²) in [5.41, 5.74) is 1.37. The number of carbonyl (C=O) groups is 1. The molecule has 0 aliphatic rings.